The van der Waals surface area contributed by atoms with Gasteiger partial charge in [0.1, 0.15) is 0 Å². The topological polar surface area (TPSA) is 15.3 Å². The summed E-state index contributed by atoms with van der Waals surface area (Å²) < 4.78 is 0. The molecule has 0 atom stereocenters. The van der Waals surface area contributed by atoms with Gasteiger partial charge in [-0.1, -0.05) is 18.2 Å². The van der Waals surface area contributed by atoms with Crippen LogP contribution < -0.4 is 5.32 Å². The van der Waals surface area contributed by atoms with E-state index in [0.29, 0.717) is 0 Å². The Morgan fingerprint density at radius 1 is 1.16 bits per heavy atom. The Hall–Kier alpha value is -0.860. The maximum atomic E-state index is 3.49. The van der Waals surface area contributed by atoms with Gasteiger partial charge in [-0.05, 0) is 61.3 Å². The zero-order valence-corrected chi connectivity index (χ0v) is 11.7. The second-order valence-electron chi connectivity index (χ2n) is 6.59. The van der Waals surface area contributed by atoms with Crippen molar-refractivity contribution in [1.29, 1.82) is 0 Å². The lowest BCUT2D eigenvalue weighted by Gasteiger charge is -2.26. The van der Waals surface area contributed by atoms with Crippen LogP contribution in [0.2, 0.25) is 0 Å². The second-order valence-corrected chi connectivity index (χ2v) is 6.59. The summed E-state index contributed by atoms with van der Waals surface area (Å²) in [6.45, 7) is 4.77. The van der Waals surface area contributed by atoms with Crippen LogP contribution in [-0.2, 0) is 19.5 Å². The summed E-state index contributed by atoms with van der Waals surface area (Å²) in [5, 5.41) is 3.49. The highest BCUT2D eigenvalue weighted by Crippen LogP contribution is 2.36. The van der Waals surface area contributed by atoms with Crippen LogP contribution in [0.3, 0.4) is 0 Å². The highest BCUT2D eigenvalue weighted by molar-refractivity contribution is 5.37. The molecule has 2 saturated carbocycles. The van der Waals surface area contributed by atoms with Crippen LogP contribution >= 0.6 is 0 Å². The molecule has 0 radical (unpaired) electrons. The Bertz CT molecular complexity index is 460. The molecule has 0 amide bonds. The summed E-state index contributed by atoms with van der Waals surface area (Å²) in [7, 11) is 0. The summed E-state index contributed by atoms with van der Waals surface area (Å²) in [4.78, 5) is 2.77. The molecule has 0 saturated heterocycles. The summed E-state index contributed by atoms with van der Waals surface area (Å²) in [6.07, 6.45) is 7.03. The fourth-order valence-electron chi connectivity index (χ4n) is 3.39. The van der Waals surface area contributed by atoms with Gasteiger partial charge in [0.25, 0.3) is 0 Å². The Labute approximate surface area is 116 Å². The third-order valence-corrected chi connectivity index (χ3v) is 4.86. The summed E-state index contributed by atoms with van der Waals surface area (Å²) in [6, 6.07) is 7.82. The number of nitrogens with zero attached hydrogens (tertiary/aromatic N) is 1. The van der Waals surface area contributed by atoms with E-state index in [0.717, 1.165) is 25.0 Å². The van der Waals surface area contributed by atoms with E-state index >= 15 is 0 Å². The van der Waals surface area contributed by atoms with Crippen LogP contribution in [0.1, 0.15) is 42.4 Å². The van der Waals surface area contributed by atoms with Crippen molar-refractivity contribution in [3.05, 3.63) is 34.9 Å². The predicted molar refractivity (Wildman–Crippen MR) is 78.0 cm³/mol. The first-order chi connectivity index (χ1) is 9.40. The summed E-state index contributed by atoms with van der Waals surface area (Å²) in [5.41, 5.74) is 4.78. The molecule has 1 N–H and O–H groups in total. The van der Waals surface area contributed by atoms with Crippen molar-refractivity contribution in [2.45, 2.75) is 51.2 Å². The van der Waals surface area contributed by atoms with E-state index in [2.05, 4.69) is 28.4 Å². The quantitative estimate of drug-likeness (QED) is 0.871. The zero-order valence-electron chi connectivity index (χ0n) is 11.7. The molecule has 19 heavy (non-hydrogen) atoms. The van der Waals surface area contributed by atoms with E-state index in [9.17, 15) is 0 Å². The van der Waals surface area contributed by atoms with Gasteiger partial charge >= 0.3 is 0 Å². The number of hydrogen-bond acceptors (Lipinski definition) is 2. The summed E-state index contributed by atoms with van der Waals surface area (Å²) in [5.74, 6) is 1.02. The molecule has 3 aliphatic rings. The van der Waals surface area contributed by atoms with Crippen LogP contribution in [0.15, 0.2) is 18.2 Å². The van der Waals surface area contributed by atoms with Crippen molar-refractivity contribution < 1.29 is 0 Å². The number of fused-ring (bicyclic) bond motifs is 1. The molecule has 0 unspecified atom stereocenters. The van der Waals surface area contributed by atoms with Crippen molar-refractivity contribution in [2.24, 2.45) is 5.92 Å². The summed E-state index contributed by atoms with van der Waals surface area (Å²) >= 11 is 0. The lowest BCUT2D eigenvalue weighted by atomic mass is 9.95. The Morgan fingerprint density at radius 3 is 2.84 bits per heavy atom. The van der Waals surface area contributed by atoms with Gasteiger partial charge in [0, 0.05) is 25.7 Å². The minimum Gasteiger partial charge on any atom is -0.312 e. The predicted octanol–water partition coefficient (Wildman–Crippen LogP) is 2.71. The fraction of sp³-hybridized carbons (Fsp3) is 0.647. The van der Waals surface area contributed by atoms with Gasteiger partial charge in [0.15, 0.2) is 0 Å². The monoisotopic (exact) mass is 256 g/mol. The van der Waals surface area contributed by atoms with Crippen LogP contribution in [0.4, 0.5) is 0 Å². The number of benzene rings is 1. The minimum atomic E-state index is 0.901. The Kier molecular flexibility index (Phi) is 3.08. The van der Waals surface area contributed by atoms with Gasteiger partial charge in [0.05, 0.1) is 0 Å². The van der Waals surface area contributed by atoms with Crippen molar-refractivity contribution in [3.63, 3.8) is 0 Å². The molecule has 1 aromatic rings. The van der Waals surface area contributed by atoms with Crippen molar-refractivity contribution in [2.75, 3.05) is 13.1 Å². The number of rotatable bonds is 5. The normalized spacial score (nSPS) is 22.6. The molecular weight excluding hydrogens is 232 g/mol. The van der Waals surface area contributed by atoms with Crippen LogP contribution in [-0.4, -0.2) is 24.0 Å². The van der Waals surface area contributed by atoms with Gasteiger partial charge < -0.3 is 5.32 Å². The second kappa shape index (κ2) is 4.92. The first-order valence-electron chi connectivity index (χ1n) is 7.94. The van der Waals surface area contributed by atoms with E-state index in [-0.39, 0.29) is 0 Å². The molecule has 1 aromatic carbocycles. The third-order valence-electron chi connectivity index (χ3n) is 4.86. The average Bonchev–Trinajstić information content (AvgIpc) is 3.31. The number of hydrogen-bond donors (Lipinski definition) is 1. The molecule has 2 aliphatic carbocycles. The fourth-order valence-corrected chi connectivity index (χ4v) is 3.39. The molecule has 1 heterocycles. The van der Waals surface area contributed by atoms with Crippen LogP contribution in [0.5, 0.6) is 0 Å². The van der Waals surface area contributed by atoms with Crippen molar-refractivity contribution in [1.82, 2.24) is 10.2 Å². The Balaban J connectivity index is 1.53. The highest BCUT2D eigenvalue weighted by Gasteiger charge is 2.33. The smallest absolute Gasteiger partial charge is 0.0239 e. The highest BCUT2D eigenvalue weighted by atomic mass is 15.2. The molecule has 0 bridgehead atoms. The van der Waals surface area contributed by atoms with E-state index < -0.39 is 0 Å². The van der Waals surface area contributed by atoms with E-state index in [1.807, 2.05) is 0 Å². The van der Waals surface area contributed by atoms with Gasteiger partial charge in [-0.2, -0.15) is 0 Å². The third kappa shape index (κ3) is 2.70. The maximum absolute atomic E-state index is 3.49. The molecule has 4 rings (SSSR count). The molecular formula is C17H24N2. The molecule has 1 aliphatic heterocycles. The minimum absolute atomic E-state index is 0.901. The zero-order chi connectivity index (χ0) is 12.7. The molecule has 102 valence electrons. The van der Waals surface area contributed by atoms with E-state index in [1.165, 1.54) is 50.8 Å². The molecule has 2 heteroatoms. The van der Waals surface area contributed by atoms with Gasteiger partial charge in [-0.25, -0.2) is 0 Å². The average molecular weight is 256 g/mol. The van der Waals surface area contributed by atoms with Crippen LogP contribution in [0.25, 0.3) is 0 Å². The van der Waals surface area contributed by atoms with Gasteiger partial charge in [0.2, 0.25) is 0 Å². The first kappa shape index (κ1) is 11.9. The SMILES string of the molecule is c1cc2c(c(CN(CC3CC3)C3CC3)c1)CCNC2. The molecule has 2 nitrogen and oxygen atoms in total. The first-order valence-corrected chi connectivity index (χ1v) is 7.94. The molecule has 0 spiro atoms. The number of nitrogens with one attached hydrogen (secondary N) is 1. The van der Waals surface area contributed by atoms with Gasteiger partial charge in [-0.15, -0.1) is 0 Å². The van der Waals surface area contributed by atoms with Crippen molar-refractivity contribution in [3.8, 4) is 0 Å². The van der Waals surface area contributed by atoms with Gasteiger partial charge in [-0.3, -0.25) is 4.90 Å². The maximum Gasteiger partial charge on any atom is 0.0239 e. The van der Waals surface area contributed by atoms with E-state index in [1.54, 1.807) is 11.1 Å². The lowest BCUT2D eigenvalue weighted by molar-refractivity contribution is 0.243. The largest absolute Gasteiger partial charge is 0.312 e. The molecule has 2 fully saturated rings. The van der Waals surface area contributed by atoms with Crippen molar-refractivity contribution >= 4 is 0 Å². The van der Waals surface area contributed by atoms with E-state index in [4.69, 9.17) is 0 Å². The molecule has 0 aromatic heterocycles. The standard InChI is InChI=1S/C17H24N2/c1-2-14-10-18-9-8-17(14)15(3-1)12-19(16-6-7-16)11-13-4-5-13/h1-3,13,16,18H,4-12H2. The van der Waals surface area contributed by atoms with Crippen LogP contribution in [0, 0.1) is 5.92 Å². The lowest BCUT2D eigenvalue weighted by Crippen LogP contribution is -2.30. The Morgan fingerprint density at radius 2 is 2.05 bits per heavy atom.